The van der Waals surface area contributed by atoms with Crippen LogP contribution in [-0.4, -0.2) is 22.4 Å². The molecule has 24 heavy (non-hydrogen) atoms. The van der Waals surface area contributed by atoms with E-state index in [1.165, 1.54) is 6.07 Å². The highest BCUT2D eigenvalue weighted by atomic mass is 32.1. The fraction of sp³-hybridized carbons (Fsp3) is 0.211. The van der Waals surface area contributed by atoms with E-state index >= 15 is 0 Å². The average Bonchev–Trinajstić information content (AvgIpc) is 3.18. The molecule has 124 valence electrons. The molecule has 3 aromatic rings. The predicted octanol–water partition coefficient (Wildman–Crippen LogP) is 4.57. The summed E-state index contributed by atoms with van der Waals surface area (Å²) in [5, 5.41) is 0.903. The maximum absolute atomic E-state index is 13.9. The molecule has 1 aromatic carbocycles. The number of rotatable bonds is 4. The van der Waals surface area contributed by atoms with E-state index in [-0.39, 0.29) is 18.3 Å². The van der Waals surface area contributed by atoms with Gasteiger partial charge in [0.25, 0.3) is 5.91 Å². The summed E-state index contributed by atoms with van der Waals surface area (Å²) in [6.07, 6.45) is 3.86. The molecule has 0 atom stereocenters. The Morgan fingerprint density at radius 3 is 2.50 bits per heavy atom. The summed E-state index contributed by atoms with van der Waals surface area (Å²) >= 11 is 1.60. The number of amides is 1. The highest BCUT2D eigenvalue weighted by Gasteiger charge is 2.23. The first-order chi connectivity index (χ1) is 11.5. The largest absolute Gasteiger partial charge is 0.337 e. The maximum atomic E-state index is 13.9. The van der Waals surface area contributed by atoms with Crippen molar-refractivity contribution in [2.24, 2.45) is 0 Å². The van der Waals surface area contributed by atoms with Gasteiger partial charge in [-0.2, -0.15) is 0 Å². The van der Waals surface area contributed by atoms with Gasteiger partial charge in [-0.05, 0) is 37.6 Å². The van der Waals surface area contributed by atoms with Crippen LogP contribution >= 0.6 is 11.3 Å². The molecule has 1 amide bonds. The summed E-state index contributed by atoms with van der Waals surface area (Å²) < 4.78 is 15.8. The maximum Gasteiger partial charge on any atom is 0.257 e. The van der Waals surface area contributed by atoms with Gasteiger partial charge in [0.15, 0.2) is 0 Å². The van der Waals surface area contributed by atoms with Crippen molar-refractivity contribution >= 4 is 17.2 Å². The standard InChI is InChI=1S/C19H19FN2OS/c1-13-14(2)24-19(22-10-6-7-11-22)17(13)18(23)21(3)12-15-8-4-5-9-16(15)20/h4-11H,12H2,1-3H3. The third-order valence-corrected chi connectivity index (χ3v) is 5.35. The minimum absolute atomic E-state index is 0.0937. The molecule has 0 aliphatic rings. The Kier molecular flexibility index (Phi) is 4.53. The van der Waals surface area contributed by atoms with Crippen LogP contribution in [0.5, 0.6) is 0 Å². The van der Waals surface area contributed by atoms with Crippen molar-refractivity contribution in [3.63, 3.8) is 0 Å². The SMILES string of the molecule is Cc1sc(-n2cccc2)c(C(=O)N(C)Cc2ccccc2F)c1C. The lowest BCUT2D eigenvalue weighted by atomic mass is 10.1. The van der Waals surface area contributed by atoms with E-state index in [0.717, 1.165) is 15.4 Å². The Morgan fingerprint density at radius 2 is 1.83 bits per heavy atom. The lowest BCUT2D eigenvalue weighted by Crippen LogP contribution is -2.27. The predicted molar refractivity (Wildman–Crippen MR) is 95.3 cm³/mol. The number of aryl methyl sites for hydroxylation is 1. The number of halogens is 1. The van der Waals surface area contributed by atoms with Gasteiger partial charge in [0.2, 0.25) is 0 Å². The second-order valence-electron chi connectivity index (χ2n) is 5.81. The number of carbonyl (C=O) groups is 1. The van der Waals surface area contributed by atoms with Gasteiger partial charge in [0.1, 0.15) is 10.8 Å². The third-order valence-electron chi connectivity index (χ3n) is 4.13. The van der Waals surface area contributed by atoms with E-state index in [2.05, 4.69) is 0 Å². The van der Waals surface area contributed by atoms with Gasteiger partial charge in [-0.25, -0.2) is 4.39 Å². The van der Waals surface area contributed by atoms with Gasteiger partial charge in [0, 0.05) is 36.4 Å². The highest BCUT2D eigenvalue weighted by Crippen LogP contribution is 2.32. The van der Waals surface area contributed by atoms with Gasteiger partial charge in [-0.1, -0.05) is 18.2 Å². The van der Waals surface area contributed by atoms with E-state index in [1.54, 1.807) is 41.5 Å². The van der Waals surface area contributed by atoms with Gasteiger partial charge in [0.05, 0.1) is 5.56 Å². The Balaban J connectivity index is 1.94. The van der Waals surface area contributed by atoms with Crippen LogP contribution in [0.15, 0.2) is 48.8 Å². The number of nitrogens with zero attached hydrogens (tertiary/aromatic N) is 2. The quantitative estimate of drug-likeness (QED) is 0.682. The molecule has 5 heteroatoms. The lowest BCUT2D eigenvalue weighted by molar-refractivity contribution is 0.0783. The molecule has 0 radical (unpaired) electrons. The molecule has 0 saturated heterocycles. The summed E-state index contributed by atoms with van der Waals surface area (Å²) in [6.45, 7) is 4.22. The molecule has 0 saturated carbocycles. The molecule has 3 nitrogen and oxygen atoms in total. The summed E-state index contributed by atoms with van der Waals surface area (Å²) in [5.41, 5.74) is 2.18. The lowest BCUT2D eigenvalue weighted by Gasteiger charge is -2.19. The second kappa shape index (κ2) is 6.61. The molecule has 3 rings (SSSR count). The van der Waals surface area contributed by atoms with Crippen LogP contribution in [0.2, 0.25) is 0 Å². The minimum Gasteiger partial charge on any atom is -0.337 e. The molecular formula is C19H19FN2OS. The van der Waals surface area contributed by atoms with Gasteiger partial charge < -0.3 is 9.47 Å². The Morgan fingerprint density at radius 1 is 1.17 bits per heavy atom. The zero-order valence-corrected chi connectivity index (χ0v) is 14.7. The molecule has 0 aliphatic heterocycles. The smallest absolute Gasteiger partial charge is 0.257 e. The number of carbonyl (C=O) groups excluding carboxylic acids is 1. The summed E-state index contributed by atoms with van der Waals surface area (Å²) in [5.74, 6) is -0.384. The number of hydrogen-bond donors (Lipinski definition) is 0. The summed E-state index contributed by atoms with van der Waals surface area (Å²) in [7, 11) is 1.71. The van der Waals surface area contributed by atoms with Gasteiger partial charge in [-0.15, -0.1) is 11.3 Å². The zero-order valence-electron chi connectivity index (χ0n) is 13.9. The van der Waals surface area contributed by atoms with E-state index in [0.29, 0.717) is 11.1 Å². The van der Waals surface area contributed by atoms with Crippen molar-refractivity contribution in [3.8, 4) is 5.00 Å². The molecule has 0 aliphatic carbocycles. The van der Waals surface area contributed by atoms with Gasteiger partial charge in [-0.3, -0.25) is 4.79 Å². The summed E-state index contributed by atoms with van der Waals surface area (Å²) in [6, 6.07) is 10.4. The van der Waals surface area contributed by atoms with Crippen molar-refractivity contribution in [2.75, 3.05) is 7.05 Å². The molecule has 0 bridgehead atoms. The molecule has 0 fully saturated rings. The second-order valence-corrected chi connectivity index (χ2v) is 7.01. The van der Waals surface area contributed by atoms with Gasteiger partial charge >= 0.3 is 0 Å². The van der Waals surface area contributed by atoms with E-state index < -0.39 is 0 Å². The topological polar surface area (TPSA) is 25.2 Å². The first-order valence-corrected chi connectivity index (χ1v) is 8.53. The van der Waals surface area contributed by atoms with E-state index in [1.807, 2.05) is 42.9 Å². The molecule has 0 N–H and O–H groups in total. The number of benzene rings is 1. The van der Waals surface area contributed by atoms with Crippen LogP contribution in [0.25, 0.3) is 5.00 Å². The van der Waals surface area contributed by atoms with E-state index in [9.17, 15) is 9.18 Å². The number of hydrogen-bond acceptors (Lipinski definition) is 2. The van der Waals surface area contributed by atoms with Crippen LogP contribution in [0.1, 0.15) is 26.4 Å². The van der Waals surface area contributed by atoms with Crippen molar-refractivity contribution in [1.82, 2.24) is 9.47 Å². The number of thiophene rings is 1. The van der Waals surface area contributed by atoms with Crippen molar-refractivity contribution in [2.45, 2.75) is 20.4 Å². The third kappa shape index (κ3) is 2.99. The fourth-order valence-electron chi connectivity index (χ4n) is 2.66. The van der Waals surface area contributed by atoms with Crippen molar-refractivity contribution in [3.05, 3.63) is 76.2 Å². The van der Waals surface area contributed by atoms with Crippen LogP contribution in [0.3, 0.4) is 0 Å². The molecule has 2 aromatic heterocycles. The molecule has 0 unspecified atom stereocenters. The van der Waals surface area contributed by atoms with Crippen molar-refractivity contribution in [1.29, 1.82) is 0 Å². The Hall–Kier alpha value is -2.40. The zero-order chi connectivity index (χ0) is 17.3. The fourth-order valence-corrected chi connectivity index (χ4v) is 3.77. The number of aromatic nitrogens is 1. The average molecular weight is 342 g/mol. The highest BCUT2D eigenvalue weighted by molar-refractivity contribution is 7.15. The van der Waals surface area contributed by atoms with Crippen molar-refractivity contribution < 1.29 is 9.18 Å². The molecule has 2 heterocycles. The first kappa shape index (κ1) is 16.5. The van der Waals surface area contributed by atoms with Crippen LogP contribution in [0, 0.1) is 19.7 Å². The monoisotopic (exact) mass is 342 g/mol. The van der Waals surface area contributed by atoms with Crippen LogP contribution < -0.4 is 0 Å². The Bertz CT molecular complexity index is 868. The van der Waals surface area contributed by atoms with Crippen LogP contribution in [-0.2, 0) is 6.54 Å². The molecule has 0 spiro atoms. The van der Waals surface area contributed by atoms with E-state index in [4.69, 9.17) is 0 Å². The minimum atomic E-state index is -0.291. The normalized spacial score (nSPS) is 10.8. The first-order valence-electron chi connectivity index (χ1n) is 7.71. The molecular weight excluding hydrogens is 323 g/mol. The van der Waals surface area contributed by atoms with Crippen LogP contribution in [0.4, 0.5) is 4.39 Å². The summed E-state index contributed by atoms with van der Waals surface area (Å²) in [4.78, 5) is 15.7. The Labute approximate surface area is 145 Å².